The molecule has 0 saturated heterocycles. The fourth-order valence-corrected chi connectivity index (χ4v) is 7.12. The highest BCUT2D eigenvalue weighted by atomic mass is 16.6. The molecule has 3 atom stereocenters. The second kappa shape index (κ2) is 23.5. The van der Waals surface area contributed by atoms with E-state index in [1.54, 1.807) is 34.6 Å². The van der Waals surface area contributed by atoms with E-state index in [4.69, 9.17) is 14.2 Å². The van der Waals surface area contributed by atoms with Crippen LogP contribution in [-0.4, -0.2) is 65.9 Å². The van der Waals surface area contributed by atoms with Gasteiger partial charge in [0.15, 0.2) is 0 Å². The molecule has 13 heteroatoms. The number of hydrogen-bond acceptors (Lipinski definition) is 9. The Kier molecular flexibility index (Phi) is 18.6. The van der Waals surface area contributed by atoms with Crippen LogP contribution in [0.1, 0.15) is 104 Å². The Balaban J connectivity index is 1.62. The molecule has 0 unspecified atom stereocenters. The summed E-state index contributed by atoms with van der Waals surface area (Å²) in [7, 11) is 0. The molecule has 0 spiro atoms. The van der Waals surface area contributed by atoms with Gasteiger partial charge in [-0.05, 0) is 75.0 Å². The topological polar surface area (TPSA) is 164 Å². The van der Waals surface area contributed by atoms with Crippen molar-refractivity contribution in [3.8, 4) is 0 Å². The van der Waals surface area contributed by atoms with Gasteiger partial charge in [0.2, 0.25) is 0 Å². The largest absolute Gasteiger partial charge is 0.445 e. The summed E-state index contributed by atoms with van der Waals surface area (Å²) in [4.78, 5) is 69.1. The monoisotopic (exact) mass is 841 g/mol. The SMILES string of the molecule is CC(C)[C@H](NC(=O)OCc1ccccc1)C(=O)NN(CC1CCCCC1)C[C@H](CCc1ccccc1)NC(=O)[C@](NC(=O)OCc1ccccc1)(OC(=O)C(C)(C)C)C(C)C. The predicted octanol–water partition coefficient (Wildman–Crippen LogP) is 7.84. The molecule has 0 aromatic heterocycles. The van der Waals surface area contributed by atoms with Gasteiger partial charge < -0.3 is 24.8 Å². The molecule has 0 heterocycles. The van der Waals surface area contributed by atoms with Gasteiger partial charge >= 0.3 is 18.2 Å². The quantitative estimate of drug-likeness (QED) is 0.0384. The first-order valence-corrected chi connectivity index (χ1v) is 21.7. The third kappa shape index (κ3) is 15.8. The molecule has 1 aliphatic rings. The standard InChI is InChI=1S/C48H67N5O8/c1-34(2)41(50-45(57)59-32-38-24-16-10-17-25-38)42(54)52-53(30-37-22-14-9-15-23-37)31-40(29-28-36-20-12-8-13-21-36)49-43(55)48(35(3)4,61-44(56)47(5,6)7)51-46(58)60-33-39-26-18-11-19-27-39/h8,10-13,16-21,24-27,34-35,37,40-41H,9,14-15,22-23,28-33H2,1-7H3,(H,49,55)(H,50,57)(H,51,58)(H,52,54)/t40-,41-,48+/m0/s1. The maximum absolute atomic E-state index is 14.9. The van der Waals surface area contributed by atoms with E-state index in [0.29, 0.717) is 19.4 Å². The minimum atomic E-state index is -2.16. The fraction of sp³-hybridized carbons (Fsp3) is 0.521. The van der Waals surface area contributed by atoms with Gasteiger partial charge in [0.25, 0.3) is 17.5 Å². The molecule has 0 radical (unpaired) electrons. The van der Waals surface area contributed by atoms with E-state index < -0.39 is 59.1 Å². The number of aryl methyl sites for hydroxylation is 1. The van der Waals surface area contributed by atoms with Gasteiger partial charge in [0.1, 0.15) is 19.3 Å². The van der Waals surface area contributed by atoms with Crippen molar-refractivity contribution >= 4 is 30.0 Å². The van der Waals surface area contributed by atoms with Gasteiger partial charge in [-0.2, -0.15) is 0 Å². The van der Waals surface area contributed by atoms with Gasteiger partial charge in [-0.15, -0.1) is 0 Å². The Morgan fingerprint density at radius 2 is 1.23 bits per heavy atom. The van der Waals surface area contributed by atoms with Crippen LogP contribution in [-0.2, 0) is 48.2 Å². The van der Waals surface area contributed by atoms with Gasteiger partial charge in [-0.25, -0.2) is 14.6 Å². The lowest BCUT2D eigenvalue weighted by Gasteiger charge is -2.39. The number of ether oxygens (including phenoxy) is 3. The highest BCUT2D eigenvalue weighted by molar-refractivity contribution is 5.92. The zero-order valence-electron chi connectivity index (χ0n) is 37.0. The van der Waals surface area contributed by atoms with Crippen molar-refractivity contribution in [3.05, 3.63) is 108 Å². The molecule has 0 bridgehead atoms. The lowest BCUT2D eigenvalue weighted by molar-refractivity contribution is -0.185. The van der Waals surface area contributed by atoms with Crippen molar-refractivity contribution in [2.45, 2.75) is 124 Å². The zero-order valence-corrected chi connectivity index (χ0v) is 37.0. The van der Waals surface area contributed by atoms with Crippen LogP contribution in [0.5, 0.6) is 0 Å². The molecule has 61 heavy (non-hydrogen) atoms. The molecular formula is C48H67N5O8. The maximum Gasteiger partial charge on any atom is 0.410 e. The number of rotatable bonds is 20. The van der Waals surface area contributed by atoms with Crippen LogP contribution in [0.4, 0.5) is 9.59 Å². The van der Waals surface area contributed by atoms with Crippen molar-refractivity contribution in [2.24, 2.45) is 23.2 Å². The van der Waals surface area contributed by atoms with E-state index in [1.165, 1.54) is 0 Å². The Morgan fingerprint density at radius 3 is 1.74 bits per heavy atom. The van der Waals surface area contributed by atoms with Crippen molar-refractivity contribution in [2.75, 3.05) is 13.1 Å². The molecule has 1 aliphatic carbocycles. The van der Waals surface area contributed by atoms with Crippen LogP contribution >= 0.6 is 0 Å². The third-order valence-corrected chi connectivity index (χ3v) is 10.8. The highest BCUT2D eigenvalue weighted by Crippen LogP contribution is 2.28. The van der Waals surface area contributed by atoms with Crippen LogP contribution < -0.4 is 21.4 Å². The van der Waals surface area contributed by atoms with E-state index in [1.807, 2.05) is 110 Å². The van der Waals surface area contributed by atoms with Crippen LogP contribution in [0.25, 0.3) is 0 Å². The van der Waals surface area contributed by atoms with E-state index >= 15 is 0 Å². The summed E-state index contributed by atoms with van der Waals surface area (Å²) in [6.07, 6.45) is 4.63. The number of hydrogen-bond donors (Lipinski definition) is 4. The number of alkyl carbamates (subject to hydrolysis) is 2. The Morgan fingerprint density at radius 1 is 0.705 bits per heavy atom. The number of carbonyl (C=O) groups is 5. The second-order valence-electron chi connectivity index (χ2n) is 17.7. The summed E-state index contributed by atoms with van der Waals surface area (Å²) >= 11 is 0. The van der Waals surface area contributed by atoms with Crippen LogP contribution in [0.3, 0.4) is 0 Å². The normalized spacial score (nSPS) is 15.2. The van der Waals surface area contributed by atoms with Gasteiger partial charge in [-0.3, -0.25) is 25.1 Å². The number of amides is 4. The lowest BCUT2D eigenvalue weighted by atomic mass is 9.89. The molecule has 3 aromatic carbocycles. The molecule has 1 saturated carbocycles. The summed E-state index contributed by atoms with van der Waals surface area (Å²) in [6, 6.07) is 26.7. The summed E-state index contributed by atoms with van der Waals surface area (Å²) in [6.45, 7) is 12.7. The molecule has 332 valence electrons. The smallest absolute Gasteiger partial charge is 0.410 e. The number of hydrazine groups is 1. The molecule has 0 aliphatic heterocycles. The summed E-state index contributed by atoms with van der Waals surface area (Å²) in [5.74, 6) is -2.59. The minimum Gasteiger partial charge on any atom is -0.445 e. The average Bonchev–Trinajstić information content (AvgIpc) is 3.23. The first kappa shape index (κ1) is 48.2. The molecule has 4 N–H and O–H groups in total. The van der Waals surface area contributed by atoms with Gasteiger partial charge in [-0.1, -0.05) is 138 Å². The summed E-state index contributed by atoms with van der Waals surface area (Å²) in [5, 5.41) is 10.4. The van der Waals surface area contributed by atoms with E-state index in [9.17, 15) is 24.0 Å². The molecule has 4 rings (SSSR count). The average molecular weight is 842 g/mol. The number of nitrogens with one attached hydrogen (secondary N) is 4. The predicted molar refractivity (Wildman–Crippen MR) is 234 cm³/mol. The van der Waals surface area contributed by atoms with Crippen molar-refractivity contribution in [1.82, 2.24) is 26.4 Å². The van der Waals surface area contributed by atoms with Crippen molar-refractivity contribution in [3.63, 3.8) is 0 Å². The van der Waals surface area contributed by atoms with Gasteiger partial charge in [0, 0.05) is 25.0 Å². The zero-order chi connectivity index (χ0) is 44.4. The number of nitrogens with zero attached hydrogens (tertiary/aromatic N) is 1. The minimum absolute atomic E-state index is 0.0538. The molecule has 4 amide bonds. The third-order valence-electron chi connectivity index (χ3n) is 10.8. The first-order valence-electron chi connectivity index (χ1n) is 21.7. The van der Waals surface area contributed by atoms with Crippen LogP contribution in [0.15, 0.2) is 91.0 Å². The lowest BCUT2D eigenvalue weighted by Crippen LogP contribution is -2.67. The Bertz CT molecular complexity index is 1830. The summed E-state index contributed by atoms with van der Waals surface area (Å²) in [5.41, 5.74) is 2.53. The Labute approximate surface area is 362 Å². The van der Waals surface area contributed by atoms with E-state index in [0.717, 1.165) is 48.8 Å². The molecule has 13 nitrogen and oxygen atoms in total. The van der Waals surface area contributed by atoms with Crippen LogP contribution in [0, 0.1) is 23.2 Å². The van der Waals surface area contributed by atoms with E-state index in [-0.39, 0.29) is 31.6 Å². The van der Waals surface area contributed by atoms with E-state index in [2.05, 4.69) is 21.4 Å². The number of carbonyl (C=O) groups excluding carboxylic acids is 5. The highest BCUT2D eigenvalue weighted by Gasteiger charge is 2.50. The Hall–Kier alpha value is -5.43. The van der Waals surface area contributed by atoms with Crippen molar-refractivity contribution in [1.29, 1.82) is 0 Å². The maximum atomic E-state index is 14.9. The number of benzene rings is 3. The van der Waals surface area contributed by atoms with Crippen LogP contribution in [0.2, 0.25) is 0 Å². The second-order valence-corrected chi connectivity index (χ2v) is 17.7. The first-order chi connectivity index (χ1) is 29.1. The number of esters is 1. The molecule has 3 aromatic rings. The van der Waals surface area contributed by atoms with Gasteiger partial charge in [0.05, 0.1) is 5.41 Å². The molecule has 1 fully saturated rings. The van der Waals surface area contributed by atoms with Crippen molar-refractivity contribution < 1.29 is 38.2 Å². The fourth-order valence-electron chi connectivity index (χ4n) is 7.12. The summed E-state index contributed by atoms with van der Waals surface area (Å²) < 4.78 is 17.1. The molecular weight excluding hydrogens is 775 g/mol.